The second kappa shape index (κ2) is 6.99. The minimum atomic E-state index is -0.0981. The Morgan fingerprint density at radius 1 is 1.18 bits per heavy atom. The van der Waals surface area contributed by atoms with Crippen molar-refractivity contribution in [3.05, 3.63) is 76.3 Å². The van der Waals surface area contributed by atoms with Crippen LogP contribution in [0.1, 0.15) is 36.9 Å². The van der Waals surface area contributed by atoms with Gasteiger partial charge in [-0.25, -0.2) is 9.67 Å². The molecule has 0 aliphatic carbocycles. The Balaban J connectivity index is 1.77. The summed E-state index contributed by atoms with van der Waals surface area (Å²) in [4.78, 5) is 17.7. The predicted molar refractivity (Wildman–Crippen MR) is 107 cm³/mol. The Hall–Kier alpha value is -3.35. The molecule has 4 rings (SSSR count). The number of imidazole rings is 1. The van der Waals surface area contributed by atoms with Crippen molar-refractivity contribution in [3.8, 4) is 17.1 Å². The molecule has 3 heterocycles. The third kappa shape index (κ3) is 2.98. The third-order valence-corrected chi connectivity index (χ3v) is 4.99. The van der Waals surface area contributed by atoms with Gasteiger partial charge in [0.2, 0.25) is 0 Å². The molecule has 0 radical (unpaired) electrons. The Kier molecular flexibility index (Phi) is 4.50. The number of para-hydroxylation sites is 1. The molecule has 7 nitrogen and oxygen atoms in total. The van der Waals surface area contributed by atoms with Crippen LogP contribution >= 0.6 is 0 Å². The third-order valence-electron chi connectivity index (χ3n) is 4.99. The van der Waals surface area contributed by atoms with E-state index in [1.807, 2.05) is 65.8 Å². The predicted octanol–water partition coefficient (Wildman–Crippen LogP) is 3.51. The number of hydrogen-bond acceptors (Lipinski definition) is 4. The first-order valence-corrected chi connectivity index (χ1v) is 9.28. The van der Waals surface area contributed by atoms with Crippen molar-refractivity contribution >= 4 is 0 Å². The van der Waals surface area contributed by atoms with Crippen molar-refractivity contribution < 1.29 is 4.52 Å². The highest BCUT2D eigenvalue weighted by Crippen LogP contribution is 2.22. The van der Waals surface area contributed by atoms with Crippen LogP contribution in [0.15, 0.2) is 58.1 Å². The molecule has 7 heteroatoms. The van der Waals surface area contributed by atoms with Crippen molar-refractivity contribution in [1.29, 1.82) is 0 Å². The summed E-state index contributed by atoms with van der Waals surface area (Å²) in [6.07, 6.45) is 3.55. The standard InChI is InChI=1S/C21H23N5O2/c1-14(2)18-12-17(28-23-18)13-25-11-10-22-20(25)19-15(3)24(4)26(21(19)27)16-8-6-5-7-9-16/h5-12,14H,13H2,1-4H3. The van der Waals surface area contributed by atoms with Crippen molar-refractivity contribution in [1.82, 2.24) is 24.1 Å². The summed E-state index contributed by atoms with van der Waals surface area (Å²) < 4.78 is 10.9. The summed E-state index contributed by atoms with van der Waals surface area (Å²) in [5.74, 6) is 1.66. The summed E-state index contributed by atoms with van der Waals surface area (Å²) in [7, 11) is 1.88. The van der Waals surface area contributed by atoms with Gasteiger partial charge in [-0.15, -0.1) is 0 Å². The van der Waals surface area contributed by atoms with E-state index in [-0.39, 0.29) is 5.56 Å². The molecule has 3 aromatic heterocycles. The first-order chi connectivity index (χ1) is 13.5. The Labute approximate surface area is 162 Å². The lowest BCUT2D eigenvalue weighted by atomic mass is 10.1. The molecule has 0 saturated heterocycles. The van der Waals surface area contributed by atoms with Crippen molar-refractivity contribution in [2.45, 2.75) is 33.2 Å². The van der Waals surface area contributed by atoms with Gasteiger partial charge in [0.25, 0.3) is 5.56 Å². The van der Waals surface area contributed by atoms with Crippen LogP contribution in [0.25, 0.3) is 17.1 Å². The number of aromatic nitrogens is 5. The fraction of sp³-hybridized carbons (Fsp3) is 0.286. The van der Waals surface area contributed by atoms with Gasteiger partial charge < -0.3 is 9.09 Å². The average Bonchev–Trinajstić information content (AvgIpc) is 3.37. The molecule has 144 valence electrons. The zero-order valence-electron chi connectivity index (χ0n) is 16.5. The van der Waals surface area contributed by atoms with E-state index in [9.17, 15) is 4.79 Å². The quantitative estimate of drug-likeness (QED) is 0.534. The molecule has 4 aromatic rings. The zero-order chi connectivity index (χ0) is 19.8. The SMILES string of the molecule is Cc1c(-c2nccn2Cc2cc(C(C)C)no2)c(=O)n(-c2ccccc2)n1C. The first kappa shape index (κ1) is 18.0. The fourth-order valence-corrected chi connectivity index (χ4v) is 3.33. The second-order valence-corrected chi connectivity index (χ2v) is 7.19. The van der Waals surface area contributed by atoms with E-state index in [1.54, 1.807) is 10.9 Å². The van der Waals surface area contributed by atoms with Crippen LogP contribution in [0, 0.1) is 6.92 Å². The normalized spacial score (nSPS) is 11.5. The molecule has 0 saturated carbocycles. The second-order valence-electron chi connectivity index (χ2n) is 7.19. The molecule has 0 unspecified atom stereocenters. The molecule has 0 spiro atoms. The fourth-order valence-electron chi connectivity index (χ4n) is 3.33. The largest absolute Gasteiger partial charge is 0.359 e. The Morgan fingerprint density at radius 2 is 1.93 bits per heavy atom. The maximum absolute atomic E-state index is 13.3. The van der Waals surface area contributed by atoms with Gasteiger partial charge in [-0.2, -0.15) is 0 Å². The van der Waals surface area contributed by atoms with Crippen molar-refractivity contribution in [3.63, 3.8) is 0 Å². The lowest BCUT2D eigenvalue weighted by Crippen LogP contribution is -2.20. The maximum Gasteiger partial charge on any atom is 0.282 e. The lowest BCUT2D eigenvalue weighted by molar-refractivity contribution is 0.369. The molecule has 0 bridgehead atoms. The Bertz CT molecular complexity index is 1160. The van der Waals surface area contributed by atoms with Gasteiger partial charge in [-0.1, -0.05) is 37.2 Å². The topological polar surface area (TPSA) is 70.8 Å². The minimum absolute atomic E-state index is 0.0981. The van der Waals surface area contributed by atoms with E-state index in [2.05, 4.69) is 24.0 Å². The van der Waals surface area contributed by atoms with E-state index < -0.39 is 0 Å². The minimum Gasteiger partial charge on any atom is -0.359 e. The molecular weight excluding hydrogens is 354 g/mol. The zero-order valence-corrected chi connectivity index (χ0v) is 16.5. The van der Waals surface area contributed by atoms with Crippen molar-refractivity contribution in [2.75, 3.05) is 0 Å². The molecular formula is C21H23N5O2. The number of rotatable bonds is 5. The van der Waals surface area contributed by atoms with Gasteiger partial charge in [0.15, 0.2) is 5.76 Å². The van der Waals surface area contributed by atoms with Crippen LogP contribution in [0.2, 0.25) is 0 Å². The van der Waals surface area contributed by atoms with Gasteiger partial charge >= 0.3 is 0 Å². The molecule has 0 aliphatic heterocycles. The van der Waals surface area contributed by atoms with Gasteiger partial charge in [-0.3, -0.25) is 9.48 Å². The van der Waals surface area contributed by atoms with Crippen LogP contribution in [-0.2, 0) is 13.6 Å². The molecule has 0 atom stereocenters. The highest BCUT2D eigenvalue weighted by Gasteiger charge is 2.22. The average molecular weight is 377 g/mol. The molecule has 0 aliphatic rings. The molecule has 0 N–H and O–H groups in total. The van der Waals surface area contributed by atoms with E-state index in [4.69, 9.17) is 4.52 Å². The van der Waals surface area contributed by atoms with Gasteiger partial charge in [-0.05, 0) is 25.0 Å². The molecule has 0 fully saturated rings. The van der Waals surface area contributed by atoms with E-state index in [0.717, 1.165) is 22.8 Å². The highest BCUT2D eigenvalue weighted by molar-refractivity contribution is 5.59. The Morgan fingerprint density at radius 3 is 2.61 bits per heavy atom. The monoisotopic (exact) mass is 377 g/mol. The summed E-state index contributed by atoms with van der Waals surface area (Å²) in [5, 5.41) is 4.11. The van der Waals surface area contributed by atoms with Crippen LogP contribution in [0.5, 0.6) is 0 Å². The lowest BCUT2D eigenvalue weighted by Gasteiger charge is -2.07. The van der Waals surface area contributed by atoms with Crippen molar-refractivity contribution in [2.24, 2.45) is 7.05 Å². The smallest absolute Gasteiger partial charge is 0.282 e. The van der Waals surface area contributed by atoms with Crippen LogP contribution in [0.4, 0.5) is 0 Å². The molecule has 28 heavy (non-hydrogen) atoms. The number of benzene rings is 1. The first-order valence-electron chi connectivity index (χ1n) is 9.28. The van der Waals surface area contributed by atoms with Gasteiger partial charge in [0, 0.05) is 31.2 Å². The van der Waals surface area contributed by atoms with Crippen LogP contribution in [-0.4, -0.2) is 24.1 Å². The van der Waals surface area contributed by atoms with Gasteiger partial charge in [0.05, 0.1) is 17.9 Å². The highest BCUT2D eigenvalue weighted by atomic mass is 16.5. The maximum atomic E-state index is 13.3. The van der Waals surface area contributed by atoms with E-state index >= 15 is 0 Å². The van der Waals surface area contributed by atoms with E-state index in [1.165, 1.54) is 0 Å². The van der Waals surface area contributed by atoms with E-state index in [0.29, 0.717) is 23.9 Å². The summed E-state index contributed by atoms with van der Waals surface area (Å²) in [6.45, 7) is 6.54. The molecule has 1 aromatic carbocycles. The number of hydrogen-bond donors (Lipinski definition) is 0. The summed E-state index contributed by atoms with van der Waals surface area (Å²) in [5.41, 5.74) is 3.07. The summed E-state index contributed by atoms with van der Waals surface area (Å²) in [6, 6.07) is 11.6. The van der Waals surface area contributed by atoms with Crippen LogP contribution < -0.4 is 5.56 Å². The van der Waals surface area contributed by atoms with Gasteiger partial charge in [0.1, 0.15) is 11.4 Å². The molecule has 0 amide bonds. The number of nitrogens with zero attached hydrogens (tertiary/aromatic N) is 5. The summed E-state index contributed by atoms with van der Waals surface area (Å²) >= 11 is 0. The van der Waals surface area contributed by atoms with Crippen LogP contribution in [0.3, 0.4) is 0 Å².